The van der Waals surface area contributed by atoms with Crippen LogP contribution in [0, 0.1) is 5.82 Å². The fourth-order valence-corrected chi connectivity index (χ4v) is 4.69. The predicted molar refractivity (Wildman–Crippen MR) is 93.2 cm³/mol. The number of nitrogens with one attached hydrogen (secondary N) is 1. The first kappa shape index (κ1) is 17.6. The molecule has 2 aromatic carbocycles. The van der Waals surface area contributed by atoms with E-state index in [9.17, 15) is 17.6 Å². The number of anilines is 1. The van der Waals surface area contributed by atoms with E-state index in [4.69, 9.17) is 11.6 Å². The van der Waals surface area contributed by atoms with Crippen LogP contribution in [0.3, 0.4) is 0 Å². The lowest BCUT2D eigenvalue weighted by Gasteiger charge is -2.09. The number of ether oxygens (including phenoxy) is 1. The number of hydrogen-bond donors (Lipinski definition) is 1. The van der Waals surface area contributed by atoms with Gasteiger partial charge in [-0.25, -0.2) is 22.6 Å². The zero-order chi connectivity index (χ0) is 18.2. The van der Waals surface area contributed by atoms with Gasteiger partial charge in [0, 0.05) is 5.02 Å². The summed E-state index contributed by atoms with van der Waals surface area (Å²) in [6, 6.07) is 7.70. The summed E-state index contributed by atoms with van der Waals surface area (Å²) in [5.74, 6) is -1.69. The van der Waals surface area contributed by atoms with Gasteiger partial charge in [0.05, 0.1) is 22.9 Å². The summed E-state index contributed by atoms with van der Waals surface area (Å²) in [4.78, 5) is 15.4. The van der Waals surface area contributed by atoms with E-state index in [2.05, 4.69) is 14.4 Å². The molecule has 1 heterocycles. The van der Waals surface area contributed by atoms with E-state index >= 15 is 0 Å². The van der Waals surface area contributed by atoms with Gasteiger partial charge < -0.3 is 4.74 Å². The quantitative estimate of drug-likeness (QED) is 0.675. The molecule has 0 amide bonds. The molecule has 0 aliphatic heterocycles. The molecule has 0 unspecified atom stereocenters. The smallest absolute Gasteiger partial charge is 0.339 e. The lowest BCUT2D eigenvalue weighted by Crippen LogP contribution is -2.17. The molecule has 10 heteroatoms. The highest BCUT2D eigenvalue weighted by Gasteiger charge is 2.25. The van der Waals surface area contributed by atoms with Crippen LogP contribution >= 0.6 is 22.9 Å². The second kappa shape index (κ2) is 6.58. The summed E-state index contributed by atoms with van der Waals surface area (Å²) in [5, 5.41) is 0.556. The minimum atomic E-state index is -4.26. The van der Waals surface area contributed by atoms with Crippen LogP contribution in [0.4, 0.5) is 9.52 Å². The molecule has 1 N–H and O–H groups in total. The molecule has 0 radical (unpaired) electrons. The van der Waals surface area contributed by atoms with Gasteiger partial charge in [-0.3, -0.25) is 4.72 Å². The van der Waals surface area contributed by atoms with E-state index in [1.165, 1.54) is 0 Å². The lowest BCUT2D eigenvalue weighted by molar-refractivity contribution is 0.0596. The van der Waals surface area contributed by atoms with E-state index in [1.807, 2.05) is 0 Å². The van der Waals surface area contributed by atoms with Crippen LogP contribution in [-0.4, -0.2) is 26.5 Å². The summed E-state index contributed by atoms with van der Waals surface area (Å²) in [6.45, 7) is 0. The fourth-order valence-electron chi connectivity index (χ4n) is 2.11. The number of benzene rings is 2. The zero-order valence-electron chi connectivity index (χ0n) is 12.6. The first-order chi connectivity index (χ1) is 11.8. The molecule has 0 atom stereocenters. The normalized spacial score (nSPS) is 11.5. The van der Waals surface area contributed by atoms with E-state index in [0.717, 1.165) is 36.6 Å². The number of thiazole rings is 1. The van der Waals surface area contributed by atoms with Crippen LogP contribution in [-0.2, 0) is 14.8 Å². The van der Waals surface area contributed by atoms with Crippen molar-refractivity contribution in [1.29, 1.82) is 0 Å². The van der Waals surface area contributed by atoms with Crippen molar-refractivity contribution < 1.29 is 22.3 Å². The maximum atomic E-state index is 13.5. The van der Waals surface area contributed by atoms with Gasteiger partial charge in [0.15, 0.2) is 5.13 Å². The zero-order valence-corrected chi connectivity index (χ0v) is 15.0. The molecule has 6 nitrogen and oxygen atoms in total. The van der Waals surface area contributed by atoms with Crippen LogP contribution in [0.25, 0.3) is 10.2 Å². The van der Waals surface area contributed by atoms with E-state index in [1.54, 1.807) is 18.2 Å². The molecule has 3 aromatic rings. The Balaban J connectivity index is 2.04. The van der Waals surface area contributed by atoms with Crippen LogP contribution in [0.2, 0.25) is 5.02 Å². The van der Waals surface area contributed by atoms with Crippen molar-refractivity contribution >= 4 is 54.3 Å². The Hall–Kier alpha value is -2.23. The van der Waals surface area contributed by atoms with Gasteiger partial charge in [-0.05, 0) is 36.4 Å². The maximum absolute atomic E-state index is 13.5. The minimum absolute atomic E-state index is 0.0670. The number of nitrogens with zero attached hydrogens (tertiary/aromatic N) is 1. The minimum Gasteiger partial charge on any atom is -0.465 e. The monoisotopic (exact) mass is 400 g/mol. The van der Waals surface area contributed by atoms with Gasteiger partial charge in [0.25, 0.3) is 10.0 Å². The van der Waals surface area contributed by atoms with E-state index in [0.29, 0.717) is 15.2 Å². The highest BCUT2D eigenvalue weighted by molar-refractivity contribution is 7.93. The Bertz CT molecular complexity index is 1080. The van der Waals surface area contributed by atoms with Crippen molar-refractivity contribution in [3.8, 4) is 0 Å². The Kier molecular flexibility index (Phi) is 4.63. The number of fused-ring (bicyclic) bond motifs is 1. The molecule has 0 spiro atoms. The van der Waals surface area contributed by atoms with Gasteiger partial charge >= 0.3 is 5.97 Å². The molecular formula is C15H10ClFN2O4S2. The SMILES string of the molecule is COC(=O)c1ccc(F)cc1S(=O)(=O)Nc1nc2ccc(Cl)cc2s1. The van der Waals surface area contributed by atoms with Crippen LogP contribution in [0.15, 0.2) is 41.3 Å². The molecule has 25 heavy (non-hydrogen) atoms. The first-order valence-corrected chi connectivity index (χ1v) is 9.45. The lowest BCUT2D eigenvalue weighted by atomic mass is 10.2. The Morgan fingerprint density at radius 2 is 2.04 bits per heavy atom. The van der Waals surface area contributed by atoms with Crippen molar-refractivity contribution in [2.24, 2.45) is 0 Å². The topological polar surface area (TPSA) is 85.4 Å². The average Bonchev–Trinajstić information content (AvgIpc) is 2.94. The van der Waals surface area contributed by atoms with E-state index < -0.39 is 26.7 Å². The van der Waals surface area contributed by atoms with Gasteiger partial charge in [-0.15, -0.1) is 0 Å². The van der Waals surface area contributed by atoms with Crippen LogP contribution in [0.1, 0.15) is 10.4 Å². The third-order valence-corrected chi connectivity index (χ3v) is 5.89. The second-order valence-corrected chi connectivity index (χ2v) is 7.99. The van der Waals surface area contributed by atoms with Crippen molar-refractivity contribution in [2.75, 3.05) is 11.8 Å². The first-order valence-electron chi connectivity index (χ1n) is 6.77. The number of methoxy groups -OCH3 is 1. The second-order valence-electron chi connectivity index (χ2n) is 4.87. The number of aromatic nitrogens is 1. The van der Waals surface area contributed by atoms with E-state index in [-0.39, 0.29) is 10.7 Å². The number of esters is 1. The number of rotatable bonds is 4. The molecular weight excluding hydrogens is 391 g/mol. The predicted octanol–water partition coefficient (Wildman–Crippen LogP) is 3.68. The average molecular weight is 401 g/mol. The molecule has 3 rings (SSSR count). The van der Waals surface area contributed by atoms with Gasteiger partial charge in [-0.2, -0.15) is 0 Å². The Labute approximate surface area is 151 Å². The van der Waals surface area contributed by atoms with Crippen LogP contribution < -0.4 is 4.72 Å². The van der Waals surface area contributed by atoms with Gasteiger partial charge in [0.2, 0.25) is 0 Å². The third kappa shape index (κ3) is 3.58. The number of hydrogen-bond acceptors (Lipinski definition) is 6. The number of sulfonamides is 1. The van der Waals surface area contributed by atoms with Crippen molar-refractivity contribution in [3.63, 3.8) is 0 Å². The maximum Gasteiger partial charge on any atom is 0.339 e. The standard InChI is InChI=1S/C15H10ClFN2O4S2/c1-23-14(20)10-4-3-9(17)7-13(10)25(21,22)19-15-18-11-5-2-8(16)6-12(11)24-15/h2-7H,1H3,(H,18,19). The summed E-state index contributed by atoms with van der Waals surface area (Å²) < 4.78 is 46.2. The van der Waals surface area contributed by atoms with Crippen LogP contribution in [0.5, 0.6) is 0 Å². The third-order valence-electron chi connectivity index (χ3n) is 3.21. The molecule has 0 aliphatic rings. The largest absolute Gasteiger partial charge is 0.465 e. The molecule has 0 saturated heterocycles. The van der Waals surface area contributed by atoms with Crippen molar-refractivity contribution in [3.05, 3.63) is 52.8 Å². The van der Waals surface area contributed by atoms with Crippen molar-refractivity contribution in [1.82, 2.24) is 4.98 Å². The molecule has 0 saturated carbocycles. The number of carbonyl (C=O) groups is 1. The number of carbonyl (C=O) groups excluding carboxylic acids is 1. The highest BCUT2D eigenvalue weighted by atomic mass is 35.5. The highest BCUT2D eigenvalue weighted by Crippen LogP contribution is 2.30. The molecule has 1 aromatic heterocycles. The summed E-state index contributed by atoms with van der Waals surface area (Å²) in [7, 11) is -3.15. The summed E-state index contributed by atoms with van der Waals surface area (Å²) in [5.41, 5.74) is 0.278. The molecule has 130 valence electrons. The fraction of sp³-hybridized carbons (Fsp3) is 0.0667. The Morgan fingerprint density at radius 3 is 2.76 bits per heavy atom. The molecule has 0 fully saturated rings. The Morgan fingerprint density at radius 1 is 1.28 bits per heavy atom. The molecule has 0 aliphatic carbocycles. The van der Waals surface area contributed by atoms with Gasteiger partial charge in [0.1, 0.15) is 10.7 Å². The summed E-state index contributed by atoms with van der Waals surface area (Å²) in [6.07, 6.45) is 0. The van der Waals surface area contributed by atoms with Gasteiger partial charge in [-0.1, -0.05) is 22.9 Å². The molecule has 0 bridgehead atoms. The van der Waals surface area contributed by atoms with Crippen molar-refractivity contribution in [2.45, 2.75) is 4.90 Å². The summed E-state index contributed by atoms with van der Waals surface area (Å²) >= 11 is 6.95. The number of halogens is 2.